The molecule has 1 amide bonds. The predicted molar refractivity (Wildman–Crippen MR) is 117 cm³/mol. The molecule has 146 valence electrons. The van der Waals surface area contributed by atoms with E-state index in [0.717, 1.165) is 12.3 Å². The van der Waals surface area contributed by atoms with Crippen molar-refractivity contribution in [2.45, 2.75) is 31.2 Å². The highest BCUT2D eigenvalue weighted by atomic mass is 127. The Balaban J connectivity index is 0.00000261. The second-order valence-electron chi connectivity index (χ2n) is 6.64. The summed E-state index contributed by atoms with van der Waals surface area (Å²) >= 11 is 0. The van der Waals surface area contributed by atoms with Crippen molar-refractivity contribution in [3.63, 3.8) is 0 Å². The molecule has 1 saturated carbocycles. The molecule has 0 unspecified atom stereocenters. The Labute approximate surface area is 177 Å². The van der Waals surface area contributed by atoms with E-state index in [1.54, 1.807) is 19.4 Å². The number of nitrogens with one attached hydrogen (secondary N) is 3. The number of hydrogen-bond donors (Lipinski definition) is 3. The zero-order valence-electron chi connectivity index (χ0n) is 15.5. The van der Waals surface area contributed by atoms with Crippen LogP contribution in [0.15, 0.2) is 58.1 Å². The van der Waals surface area contributed by atoms with Gasteiger partial charge in [0.2, 0.25) is 5.91 Å². The molecular formula is C20H27IN4O2. The molecule has 3 rings (SSSR count). The monoisotopic (exact) mass is 482 g/mol. The first kappa shape index (κ1) is 21.3. The summed E-state index contributed by atoms with van der Waals surface area (Å²) in [5.74, 6) is 1.27. The molecule has 1 fully saturated rings. The number of guanidine groups is 1. The van der Waals surface area contributed by atoms with E-state index in [9.17, 15) is 4.79 Å². The lowest BCUT2D eigenvalue weighted by atomic mass is 9.64. The van der Waals surface area contributed by atoms with E-state index in [-0.39, 0.29) is 41.8 Å². The molecule has 1 heterocycles. The van der Waals surface area contributed by atoms with Crippen molar-refractivity contribution in [3.05, 3.63) is 60.1 Å². The Kier molecular flexibility index (Phi) is 8.15. The van der Waals surface area contributed by atoms with Crippen LogP contribution in [0.5, 0.6) is 0 Å². The minimum absolute atomic E-state index is 0. The highest BCUT2D eigenvalue weighted by molar-refractivity contribution is 14.0. The molecule has 27 heavy (non-hydrogen) atoms. The van der Waals surface area contributed by atoms with E-state index in [0.29, 0.717) is 12.5 Å². The maximum absolute atomic E-state index is 12.0. The fourth-order valence-electron chi connectivity index (χ4n) is 3.26. The number of aliphatic imine (C=N–C) groups is 1. The summed E-state index contributed by atoms with van der Waals surface area (Å²) in [6, 6.07) is 14.2. The van der Waals surface area contributed by atoms with Crippen LogP contribution in [0.2, 0.25) is 0 Å². The molecule has 0 atom stereocenters. The van der Waals surface area contributed by atoms with E-state index >= 15 is 0 Å². The van der Waals surface area contributed by atoms with Crippen molar-refractivity contribution in [2.75, 3.05) is 20.1 Å². The topological polar surface area (TPSA) is 78.7 Å². The summed E-state index contributed by atoms with van der Waals surface area (Å²) in [5, 5.41) is 9.25. The number of rotatable bonds is 7. The van der Waals surface area contributed by atoms with Crippen molar-refractivity contribution in [2.24, 2.45) is 4.99 Å². The molecule has 6 nitrogen and oxygen atoms in total. The number of benzene rings is 1. The fourth-order valence-corrected chi connectivity index (χ4v) is 3.26. The average Bonchev–Trinajstić information content (AvgIpc) is 3.16. The minimum atomic E-state index is -0.106. The maximum Gasteiger partial charge on any atom is 0.239 e. The number of hydrogen-bond acceptors (Lipinski definition) is 3. The summed E-state index contributed by atoms with van der Waals surface area (Å²) in [5.41, 5.74) is 1.53. The van der Waals surface area contributed by atoms with Gasteiger partial charge in [0.05, 0.1) is 19.4 Å². The van der Waals surface area contributed by atoms with Crippen LogP contribution in [0.1, 0.15) is 30.6 Å². The first-order valence-electron chi connectivity index (χ1n) is 9.01. The Morgan fingerprint density at radius 1 is 1.11 bits per heavy atom. The van der Waals surface area contributed by atoms with Crippen LogP contribution >= 0.6 is 24.0 Å². The third kappa shape index (κ3) is 5.72. The molecule has 0 bridgehead atoms. The van der Waals surface area contributed by atoms with Gasteiger partial charge < -0.3 is 20.4 Å². The van der Waals surface area contributed by atoms with Gasteiger partial charge in [-0.2, -0.15) is 0 Å². The second kappa shape index (κ2) is 10.3. The molecule has 1 aromatic heterocycles. The van der Waals surface area contributed by atoms with Gasteiger partial charge in [0.15, 0.2) is 5.96 Å². The molecule has 0 radical (unpaired) electrons. The van der Waals surface area contributed by atoms with Gasteiger partial charge in [-0.05, 0) is 30.5 Å². The molecule has 7 heteroatoms. The van der Waals surface area contributed by atoms with Gasteiger partial charge in [0.1, 0.15) is 5.76 Å². The molecule has 0 saturated heterocycles. The normalized spacial score (nSPS) is 15.2. The maximum atomic E-state index is 12.0. The Morgan fingerprint density at radius 2 is 1.89 bits per heavy atom. The zero-order valence-corrected chi connectivity index (χ0v) is 17.9. The van der Waals surface area contributed by atoms with Gasteiger partial charge in [0, 0.05) is 19.0 Å². The lowest BCUT2D eigenvalue weighted by molar-refractivity contribution is -0.120. The number of carbonyl (C=O) groups is 1. The SMILES string of the molecule is CN=C(NCC(=O)NCc1ccco1)NCC1(c2ccccc2)CCC1.I. The zero-order chi connectivity index (χ0) is 18.2. The molecule has 3 N–H and O–H groups in total. The van der Waals surface area contributed by atoms with Gasteiger partial charge >= 0.3 is 0 Å². The summed E-state index contributed by atoms with van der Waals surface area (Å²) in [6.45, 7) is 1.36. The average molecular weight is 482 g/mol. The fraction of sp³-hybridized carbons (Fsp3) is 0.400. The second-order valence-corrected chi connectivity index (χ2v) is 6.64. The summed E-state index contributed by atoms with van der Waals surface area (Å²) in [7, 11) is 1.71. The summed E-state index contributed by atoms with van der Waals surface area (Å²) in [4.78, 5) is 16.2. The van der Waals surface area contributed by atoms with E-state index in [2.05, 4.69) is 45.2 Å². The smallest absolute Gasteiger partial charge is 0.239 e. The first-order valence-corrected chi connectivity index (χ1v) is 9.01. The van der Waals surface area contributed by atoms with Crippen molar-refractivity contribution >= 4 is 35.8 Å². The third-order valence-corrected chi connectivity index (χ3v) is 4.97. The number of amides is 1. The van der Waals surface area contributed by atoms with Gasteiger partial charge in [-0.15, -0.1) is 24.0 Å². The Hall–Kier alpha value is -2.03. The standard InChI is InChI=1S/C20H26N4O2.HI/c1-21-19(23-14-18(25)22-13-17-9-5-12-26-17)24-15-20(10-6-11-20)16-7-3-2-4-8-16;/h2-5,7-9,12H,6,10-11,13-15H2,1H3,(H,22,25)(H2,21,23,24);1H. The summed E-state index contributed by atoms with van der Waals surface area (Å²) < 4.78 is 5.20. The molecule has 0 aliphatic heterocycles. The Morgan fingerprint density at radius 3 is 2.48 bits per heavy atom. The van der Waals surface area contributed by atoms with Gasteiger partial charge in [0.25, 0.3) is 0 Å². The van der Waals surface area contributed by atoms with Crippen LogP contribution in [0.3, 0.4) is 0 Å². The molecule has 1 aliphatic carbocycles. The van der Waals surface area contributed by atoms with Crippen LogP contribution < -0.4 is 16.0 Å². The van der Waals surface area contributed by atoms with Crippen molar-refractivity contribution in [1.29, 1.82) is 0 Å². The number of furan rings is 1. The predicted octanol–water partition coefficient (Wildman–Crippen LogP) is 2.80. The number of halogens is 1. The molecule has 2 aromatic rings. The van der Waals surface area contributed by atoms with Crippen molar-refractivity contribution in [3.8, 4) is 0 Å². The first-order chi connectivity index (χ1) is 12.7. The lowest BCUT2D eigenvalue weighted by Crippen LogP contribution is -2.50. The van der Waals surface area contributed by atoms with Gasteiger partial charge in [-0.25, -0.2) is 0 Å². The largest absolute Gasteiger partial charge is 0.467 e. The van der Waals surface area contributed by atoms with E-state index in [4.69, 9.17) is 4.42 Å². The van der Waals surface area contributed by atoms with E-state index in [1.165, 1.54) is 24.8 Å². The molecule has 1 aromatic carbocycles. The molecule has 0 spiro atoms. The molecule has 1 aliphatic rings. The highest BCUT2D eigenvalue weighted by Gasteiger charge is 2.38. The van der Waals surface area contributed by atoms with Crippen molar-refractivity contribution < 1.29 is 9.21 Å². The number of carbonyl (C=O) groups excluding carboxylic acids is 1. The summed E-state index contributed by atoms with van der Waals surface area (Å²) in [6.07, 6.45) is 5.18. The third-order valence-electron chi connectivity index (χ3n) is 4.97. The van der Waals surface area contributed by atoms with Crippen molar-refractivity contribution in [1.82, 2.24) is 16.0 Å². The minimum Gasteiger partial charge on any atom is -0.467 e. The van der Waals surface area contributed by atoms with Crippen LogP contribution in [-0.2, 0) is 16.8 Å². The van der Waals surface area contributed by atoms with E-state index in [1.807, 2.05) is 12.1 Å². The van der Waals surface area contributed by atoms with Gasteiger partial charge in [-0.3, -0.25) is 9.79 Å². The lowest BCUT2D eigenvalue weighted by Gasteiger charge is -2.43. The van der Waals surface area contributed by atoms with Crippen LogP contribution in [0.4, 0.5) is 0 Å². The Bertz CT molecular complexity index is 728. The van der Waals surface area contributed by atoms with E-state index < -0.39 is 0 Å². The van der Waals surface area contributed by atoms with Crippen LogP contribution in [0.25, 0.3) is 0 Å². The van der Waals surface area contributed by atoms with Gasteiger partial charge in [-0.1, -0.05) is 36.8 Å². The highest BCUT2D eigenvalue weighted by Crippen LogP contribution is 2.43. The van der Waals surface area contributed by atoms with Crippen LogP contribution in [0, 0.1) is 0 Å². The quantitative estimate of drug-likeness (QED) is 0.322. The molecular weight excluding hydrogens is 455 g/mol. The van der Waals surface area contributed by atoms with Crippen LogP contribution in [-0.4, -0.2) is 32.0 Å². The number of nitrogens with zero attached hydrogens (tertiary/aromatic N) is 1.